The molecule has 1 heterocycles. The van der Waals surface area contributed by atoms with E-state index < -0.39 is 25.9 Å². The summed E-state index contributed by atoms with van der Waals surface area (Å²) in [5.74, 6) is 0.553. The molecule has 1 unspecified atom stereocenters. The minimum Gasteiger partial charge on any atom is -0.229 e. The summed E-state index contributed by atoms with van der Waals surface area (Å²) in [5.41, 5.74) is 1.12. The maximum atomic E-state index is 13.1. The van der Waals surface area contributed by atoms with Gasteiger partial charge in [0.1, 0.15) is 0 Å². The molecule has 1 aliphatic heterocycles. The van der Waals surface area contributed by atoms with Crippen LogP contribution in [0.15, 0.2) is 29.2 Å². The normalized spacial score (nSPS) is 23.9. The highest BCUT2D eigenvalue weighted by Crippen LogP contribution is 2.36. The second kappa shape index (κ2) is 6.42. The quantitative estimate of drug-likeness (QED) is 0.769. The van der Waals surface area contributed by atoms with E-state index in [1.54, 1.807) is 12.1 Å². The third-order valence-corrected chi connectivity index (χ3v) is 8.39. The molecule has 1 atom stereocenters. The van der Waals surface area contributed by atoms with Crippen molar-refractivity contribution in [2.24, 2.45) is 5.92 Å². The zero-order chi connectivity index (χ0) is 17.5. The largest absolute Gasteiger partial charge is 0.243 e. The monoisotopic (exact) mass is 371 g/mol. The number of nitrogens with zero attached hydrogens (tertiary/aromatic N) is 1. The number of rotatable bonds is 6. The molecule has 5 nitrogen and oxygen atoms in total. The van der Waals surface area contributed by atoms with E-state index in [1.807, 2.05) is 12.1 Å². The average molecular weight is 372 g/mol. The van der Waals surface area contributed by atoms with Gasteiger partial charge in [-0.2, -0.15) is 4.31 Å². The van der Waals surface area contributed by atoms with Crippen molar-refractivity contribution in [2.45, 2.75) is 56.5 Å². The SMILES string of the molecule is CC(C)Cc1ccc(S(=O)(=O)N(C2CC2)C2CCS(=O)(=O)C2)cc1. The number of hydrogen-bond acceptors (Lipinski definition) is 4. The Hall–Kier alpha value is -0.920. The van der Waals surface area contributed by atoms with Crippen LogP contribution < -0.4 is 0 Å². The number of sulfonamides is 1. The molecule has 134 valence electrons. The maximum Gasteiger partial charge on any atom is 0.243 e. The molecule has 0 aromatic heterocycles. The summed E-state index contributed by atoms with van der Waals surface area (Å²) < 4.78 is 51.2. The van der Waals surface area contributed by atoms with Crippen molar-refractivity contribution in [2.75, 3.05) is 11.5 Å². The van der Waals surface area contributed by atoms with Gasteiger partial charge in [-0.1, -0.05) is 26.0 Å². The fraction of sp³-hybridized carbons (Fsp3) is 0.647. The fourth-order valence-corrected chi connectivity index (χ4v) is 7.09. The van der Waals surface area contributed by atoms with Crippen molar-refractivity contribution >= 4 is 19.9 Å². The molecule has 1 aromatic carbocycles. The molecule has 0 bridgehead atoms. The molecule has 1 aliphatic carbocycles. The van der Waals surface area contributed by atoms with Gasteiger partial charge >= 0.3 is 0 Å². The second-order valence-electron chi connectivity index (χ2n) is 7.36. The van der Waals surface area contributed by atoms with Crippen LogP contribution in [-0.4, -0.2) is 44.7 Å². The zero-order valence-electron chi connectivity index (χ0n) is 14.2. The van der Waals surface area contributed by atoms with Gasteiger partial charge in [0.25, 0.3) is 0 Å². The number of sulfone groups is 1. The third kappa shape index (κ3) is 3.83. The van der Waals surface area contributed by atoms with Crippen LogP contribution in [0, 0.1) is 5.92 Å². The highest BCUT2D eigenvalue weighted by Gasteiger charge is 2.46. The van der Waals surface area contributed by atoms with Crippen LogP contribution in [0.25, 0.3) is 0 Å². The van der Waals surface area contributed by atoms with Crippen LogP contribution >= 0.6 is 0 Å². The van der Waals surface area contributed by atoms with Crippen molar-refractivity contribution in [3.05, 3.63) is 29.8 Å². The molecule has 0 spiro atoms. The smallest absolute Gasteiger partial charge is 0.229 e. The Kier molecular flexibility index (Phi) is 4.79. The van der Waals surface area contributed by atoms with Gasteiger partial charge in [-0.3, -0.25) is 0 Å². The van der Waals surface area contributed by atoms with Crippen LogP contribution in [0.3, 0.4) is 0 Å². The van der Waals surface area contributed by atoms with Crippen molar-refractivity contribution in [1.29, 1.82) is 0 Å². The van der Waals surface area contributed by atoms with E-state index in [2.05, 4.69) is 13.8 Å². The first-order valence-electron chi connectivity index (χ1n) is 8.52. The Balaban J connectivity index is 1.87. The van der Waals surface area contributed by atoms with Gasteiger partial charge in [0.15, 0.2) is 9.84 Å². The summed E-state index contributed by atoms with van der Waals surface area (Å²) in [4.78, 5) is 0.270. The van der Waals surface area contributed by atoms with Crippen LogP contribution in [0.2, 0.25) is 0 Å². The van der Waals surface area contributed by atoms with E-state index in [-0.39, 0.29) is 22.4 Å². The molecule has 2 fully saturated rings. The fourth-order valence-electron chi connectivity index (χ4n) is 3.39. The molecule has 1 saturated heterocycles. The first kappa shape index (κ1) is 17.9. The van der Waals surface area contributed by atoms with Crippen LogP contribution in [-0.2, 0) is 26.3 Å². The Morgan fingerprint density at radius 1 is 1.08 bits per heavy atom. The maximum absolute atomic E-state index is 13.1. The molecule has 1 saturated carbocycles. The summed E-state index contributed by atoms with van der Waals surface area (Å²) in [6, 6.07) is 6.59. The van der Waals surface area contributed by atoms with Crippen LogP contribution in [0.1, 0.15) is 38.7 Å². The van der Waals surface area contributed by atoms with Gasteiger partial charge < -0.3 is 0 Å². The Morgan fingerprint density at radius 2 is 1.71 bits per heavy atom. The predicted octanol–water partition coefficient (Wildman–Crippen LogP) is 2.23. The minimum atomic E-state index is -3.65. The van der Waals surface area contributed by atoms with Crippen molar-refractivity contribution in [3.63, 3.8) is 0 Å². The zero-order valence-corrected chi connectivity index (χ0v) is 15.8. The summed E-state index contributed by atoms with van der Waals surface area (Å²) in [5, 5.41) is 0. The molecular formula is C17H25NO4S2. The molecule has 7 heteroatoms. The lowest BCUT2D eigenvalue weighted by atomic mass is 10.0. The van der Waals surface area contributed by atoms with E-state index in [0.717, 1.165) is 24.8 Å². The topological polar surface area (TPSA) is 71.5 Å². The van der Waals surface area contributed by atoms with Gasteiger partial charge in [0.05, 0.1) is 16.4 Å². The first-order valence-corrected chi connectivity index (χ1v) is 11.8. The molecule has 2 aliphatic rings. The van der Waals surface area contributed by atoms with Crippen LogP contribution in [0.4, 0.5) is 0 Å². The third-order valence-electron chi connectivity index (χ3n) is 4.62. The molecule has 0 N–H and O–H groups in total. The van der Waals surface area contributed by atoms with Gasteiger partial charge in [0, 0.05) is 12.1 Å². The second-order valence-corrected chi connectivity index (χ2v) is 11.4. The van der Waals surface area contributed by atoms with Crippen LogP contribution in [0.5, 0.6) is 0 Å². The molecular weight excluding hydrogens is 346 g/mol. The summed E-state index contributed by atoms with van der Waals surface area (Å²) in [7, 11) is -6.76. The predicted molar refractivity (Wildman–Crippen MR) is 94.1 cm³/mol. The van der Waals surface area contributed by atoms with Gasteiger partial charge in [-0.05, 0) is 49.3 Å². The van der Waals surface area contributed by atoms with E-state index >= 15 is 0 Å². The summed E-state index contributed by atoms with van der Waals surface area (Å²) >= 11 is 0. The number of hydrogen-bond donors (Lipinski definition) is 0. The minimum absolute atomic E-state index is 0.0383. The Morgan fingerprint density at radius 3 is 2.17 bits per heavy atom. The first-order chi connectivity index (χ1) is 11.2. The van der Waals surface area contributed by atoms with E-state index in [1.165, 1.54) is 4.31 Å². The molecule has 3 rings (SSSR count). The van der Waals surface area contributed by atoms with E-state index in [0.29, 0.717) is 12.3 Å². The van der Waals surface area contributed by atoms with Crippen molar-refractivity contribution in [1.82, 2.24) is 4.31 Å². The van der Waals surface area contributed by atoms with Gasteiger partial charge in [-0.25, -0.2) is 16.8 Å². The van der Waals surface area contributed by atoms with Gasteiger partial charge in [-0.15, -0.1) is 0 Å². The lowest BCUT2D eigenvalue weighted by Crippen LogP contribution is -2.42. The molecule has 1 aromatic rings. The highest BCUT2D eigenvalue weighted by molar-refractivity contribution is 7.92. The standard InChI is InChI=1S/C17H25NO4S2/c1-13(2)11-14-3-7-17(8-4-14)24(21,22)18(15-5-6-15)16-9-10-23(19,20)12-16/h3-4,7-8,13,15-16H,5-6,9-12H2,1-2H3. The lowest BCUT2D eigenvalue weighted by Gasteiger charge is -2.27. The van der Waals surface area contributed by atoms with E-state index in [4.69, 9.17) is 0 Å². The number of benzene rings is 1. The lowest BCUT2D eigenvalue weighted by molar-refractivity contribution is 0.332. The highest BCUT2D eigenvalue weighted by atomic mass is 32.2. The summed E-state index contributed by atoms with van der Waals surface area (Å²) in [6.07, 6.45) is 2.96. The summed E-state index contributed by atoms with van der Waals surface area (Å²) in [6.45, 7) is 4.25. The molecule has 0 radical (unpaired) electrons. The van der Waals surface area contributed by atoms with Crippen molar-refractivity contribution in [3.8, 4) is 0 Å². The average Bonchev–Trinajstić information content (AvgIpc) is 3.22. The Labute approximate surface area is 145 Å². The Bertz CT molecular complexity index is 793. The van der Waals surface area contributed by atoms with Gasteiger partial charge in [0.2, 0.25) is 10.0 Å². The molecule has 24 heavy (non-hydrogen) atoms. The molecule has 0 amide bonds. The van der Waals surface area contributed by atoms with Crippen molar-refractivity contribution < 1.29 is 16.8 Å². The van der Waals surface area contributed by atoms with E-state index in [9.17, 15) is 16.8 Å².